The lowest BCUT2D eigenvalue weighted by Gasteiger charge is -2.50. The lowest BCUT2D eigenvalue weighted by atomic mass is 9.72. The van der Waals surface area contributed by atoms with E-state index in [0.717, 1.165) is 6.08 Å². The van der Waals surface area contributed by atoms with Crippen molar-refractivity contribution in [2.75, 3.05) is 19.8 Å². The van der Waals surface area contributed by atoms with Gasteiger partial charge in [0.05, 0.1) is 61.2 Å². The zero-order valence-corrected chi connectivity index (χ0v) is 41.4. The van der Waals surface area contributed by atoms with E-state index < -0.39 is 203 Å². The van der Waals surface area contributed by atoms with Crippen LogP contribution in [0.5, 0.6) is 0 Å². The van der Waals surface area contributed by atoms with Crippen LogP contribution in [-0.4, -0.2) is 266 Å². The molecule has 4 aliphatic heterocycles. The largest absolute Gasteiger partial charge is 0.463 e. The second kappa shape index (κ2) is 25.9. The molecule has 0 spiro atoms. The van der Waals surface area contributed by atoms with Crippen molar-refractivity contribution < 1.29 is 129 Å². The van der Waals surface area contributed by atoms with Gasteiger partial charge in [0.15, 0.2) is 31.1 Å². The number of aliphatic hydroxyl groups excluding tert-OH is 15. The smallest absolute Gasteiger partial charge is 0.330 e. The van der Waals surface area contributed by atoms with Gasteiger partial charge in [0.2, 0.25) is 0 Å². The Balaban J connectivity index is 1.05. The molecule has 4 saturated heterocycles. The van der Waals surface area contributed by atoms with Crippen molar-refractivity contribution in [1.82, 2.24) is 0 Å². The Bertz CT molecular complexity index is 1860. The standard InChI is InChI=1S/C49H78O26/c50-16-32-36(58)39(61)42(64)47(72-32)70-30-14-23(52)13-29-24(30)15-31(44(69-29)21-5-9-26(54)28(56)12-21)71-49-45(41(63)38(60)33(74-49)17-67-35(57)10-2-19-1-8-25(53)27(55)11-19)75-48-43(65)40(62)37(59)34(73-48)18-68-46(66)20-3-6-22(51)7-4-20/h2,10,19-34,36-45,47-56,58-65H,1,3-9,11-18H2/p+1. The highest BCUT2D eigenvalue weighted by atomic mass is 16.8. The molecule has 0 aromatic heterocycles. The van der Waals surface area contributed by atoms with Crippen LogP contribution in [0.4, 0.5) is 0 Å². The number of hydrogen-bond donors (Lipinski definition) is 15. The van der Waals surface area contributed by atoms with Crippen molar-refractivity contribution in [2.24, 2.45) is 23.7 Å². The number of allylic oxidation sites excluding steroid dienone is 1. The first-order chi connectivity index (χ1) is 35.7. The van der Waals surface area contributed by atoms with E-state index in [2.05, 4.69) is 0 Å². The topological polar surface area (TPSA) is 424 Å². The molecule has 27 unspecified atom stereocenters. The summed E-state index contributed by atoms with van der Waals surface area (Å²) in [7, 11) is 0. The Morgan fingerprint density at radius 1 is 0.507 bits per heavy atom. The number of rotatable bonds is 15. The molecular weight excluding hydrogens is 1000 g/mol. The Hall–Kier alpha value is -2.20. The van der Waals surface area contributed by atoms with Gasteiger partial charge in [-0.15, -0.1) is 0 Å². The Labute approximate surface area is 432 Å². The highest BCUT2D eigenvalue weighted by Crippen LogP contribution is 2.44. The van der Waals surface area contributed by atoms with Crippen LogP contribution in [0.2, 0.25) is 0 Å². The first-order valence-corrected chi connectivity index (χ1v) is 26.5. The lowest BCUT2D eigenvalue weighted by Crippen LogP contribution is -2.66. The van der Waals surface area contributed by atoms with Gasteiger partial charge < -0.3 is 119 Å². The quantitative estimate of drug-likeness (QED) is 0.0412. The minimum atomic E-state index is -2.03. The monoisotopic (exact) mass is 1080 g/mol. The number of hydrogen-bond acceptors (Lipinski definition) is 25. The maximum Gasteiger partial charge on any atom is 0.330 e. The van der Waals surface area contributed by atoms with E-state index in [0.29, 0.717) is 44.9 Å². The van der Waals surface area contributed by atoms with Crippen molar-refractivity contribution in [3.05, 3.63) is 12.2 Å². The summed E-state index contributed by atoms with van der Waals surface area (Å²) in [5.41, 5.74) is 0. The van der Waals surface area contributed by atoms with Crippen LogP contribution in [0, 0.1) is 23.7 Å². The third-order valence-corrected chi connectivity index (χ3v) is 16.7. The van der Waals surface area contributed by atoms with E-state index in [4.69, 9.17) is 42.6 Å². The molecule has 4 heterocycles. The summed E-state index contributed by atoms with van der Waals surface area (Å²) >= 11 is 0. The van der Waals surface area contributed by atoms with Gasteiger partial charge in [-0.05, 0) is 76.5 Å². The Kier molecular flexibility index (Phi) is 20.4. The molecule has 26 heteroatoms. The second-order valence-electron chi connectivity index (χ2n) is 22.0. The van der Waals surface area contributed by atoms with Gasteiger partial charge in [-0.2, -0.15) is 0 Å². The van der Waals surface area contributed by atoms with Gasteiger partial charge in [-0.1, -0.05) is 6.08 Å². The zero-order chi connectivity index (χ0) is 54.0. The van der Waals surface area contributed by atoms with Gasteiger partial charge >= 0.3 is 11.9 Å². The van der Waals surface area contributed by atoms with E-state index in [-0.39, 0.29) is 44.4 Å². The number of carbonyl (C=O) groups excluding carboxylic acids is 2. The average Bonchev–Trinajstić information content (AvgIpc) is 3.39. The fourth-order valence-electron chi connectivity index (χ4n) is 12.1. The number of ether oxygens (including phenoxy) is 9. The predicted molar refractivity (Wildman–Crippen MR) is 247 cm³/mol. The molecule has 27 atom stereocenters. The van der Waals surface area contributed by atoms with Gasteiger partial charge in [0.1, 0.15) is 92.6 Å². The third-order valence-electron chi connectivity index (χ3n) is 16.7. The minimum Gasteiger partial charge on any atom is -0.463 e. The van der Waals surface area contributed by atoms with Crippen LogP contribution in [0.3, 0.4) is 0 Å². The molecule has 0 bridgehead atoms. The number of esters is 2. The Morgan fingerprint density at radius 2 is 1.08 bits per heavy atom. The van der Waals surface area contributed by atoms with E-state index in [1.165, 1.54) is 6.08 Å². The molecule has 8 aliphatic rings. The maximum absolute atomic E-state index is 13.0. The van der Waals surface area contributed by atoms with Crippen LogP contribution < -0.4 is 0 Å². The molecule has 8 rings (SSSR count). The molecule has 75 heavy (non-hydrogen) atoms. The predicted octanol–water partition coefficient (Wildman–Crippen LogP) is -6.13. The zero-order valence-electron chi connectivity index (χ0n) is 41.4. The SMILES string of the molecule is O=C(C=CC1CCC(O)C(O)C1)OCC1OC(OC2CC3C(OC4OC(CO)C(O)C(O)C4O)CC(O)CC3[OH+]C2C2CCC(O)C(O)C2)C(OC2OC(COC(=O)C3CCC(O)CC3)C(O)C(O)C2O)C(O)C1O. The van der Waals surface area contributed by atoms with E-state index in [9.17, 15) is 86.2 Å². The van der Waals surface area contributed by atoms with Gasteiger partial charge in [-0.25, -0.2) is 4.79 Å². The van der Waals surface area contributed by atoms with Crippen molar-refractivity contribution >= 4 is 11.9 Å². The third kappa shape index (κ3) is 13.9. The molecule has 4 saturated carbocycles. The van der Waals surface area contributed by atoms with Crippen LogP contribution in [-0.2, 0) is 47.5 Å². The molecule has 4 aliphatic carbocycles. The number of fused-ring (bicyclic) bond motifs is 1. The normalized spacial score (nSPS) is 49.9. The minimum absolute atomic E-state index is 0.00617. The summed E-state index contributed by atoms with van der Waals surface area (Å²) in [6.45, 7) is -2.03. The highest BCUT2D eigenvalue weighted by molar-refractivity contribution is 5.81. The lowest BCUT2D eigenvalue weighted by molar-refractivity contribution is -0.390. The first kappa shape index (κ1) is 58.9. The molecule has 8 fully saturated rings. The summed E-state index contributed by atoms with van der Waals surface area (Å²) in [5, 5.41) is 161. The highest BCUT2D eigenvalue weighted by Gasteiger charge is 2.58. The Morgan fingerprint density at radius 3 is 1.73 bits per heavy atom. The maximum atomic E-state index is 13.0. The van der Waals surface area contributed by atoms with Crippen molar-refractivity contribution in [2.45, 2.75) is 237 Å². The molecule has 26 nitrogen and oxygen atoms in total. The molecule has 0 aromatic carbocycles. The molecule has 430 valence electrons. The van der Waals surface area contributed by atoms with Crippen LogP contribution >= 0.6 is 0 Å². The first-order valence-electron chi connectivity index (χ1n) is 26.5. The fraction of sp³-hybridized carbons (Fsp3) is 0.918. The van der Waals surface area contributed by atoms with Crippen LogP contribution in [0.25, 0.3) is 0 Å². The van der Waals surface area contributed by atoms with E-state index in [1.807, 2.05) is 0 Å². The van der Waals surface area contributed by atoms with E-state index >= 15 is 0 Å². The van der Waals surface area contributed by atoms with Crippen LogP contribution in [0.15, 0.2) is 12.2 Å². The molecule has 0 aromatic rings. The number of carbonyl (C=O) groups is 2. The second-order valence-corrected chi connectivity index (χ2v) is 22.0. The summed E-state index contributed by atoms with van der Waals surface area (Å²) in [5.74, 6) is -3.46. The molecule has 16 N–H and O–H groups in total. The molecular formula is C49H79O26+. The van der Waals surface area contributed by atoms with Gasteiger partial charge in [0, 0.05) is 24.8 Å². The summed E-state index contributed by atoms with van der Waals surface area (Å²) in [6, 6.07) is 0. The van der Waals surface area contributed by atoms with Crippen molar-refractivity contribution in [3.8, 4) is 0 Å². The van der Waals surface area contributed by atoms with Crippen molar-refractivity contribution in [3.63, 3.8) is 0 Å². The van der Waals surface area contributed by atoms with Gasteiger partial charge in [-0.3, -0.25) is 4.79 Å². The molecule has 0 amide bonds. The summed E-state index contributed by atoms with van der Waals surface area (Å²) in [6.07, 6.45) is -29.9. The molecule has 0 radical (unpaired) electrons. The fourth-order valence-corrected chi connectivity index (χ4v) is 12.1. The number of aliphatic hydroxyl groups is 17. The van der Waals surface area contributed by atoms with Crippen LogP contribution in [0.1, 0.15) is 83.5 Å². The van der Waals surface area contributed by atoms with E-state index in [1.54, 1.807) is 0 Å². The van der Waals surface area contributed by atoms with Crippen molar-refractivity contribution in [1.29, 1.82) is 0 Å². The summed E-state index contributed by atoms with van der Waals surface area (Å²) < 4.78 is 53.1. The average molecular weight is 1080 g/mol. The summed E-state index contributed by atoms with van der Waals surface area (Å²) in [4.78, 5) is 26.0. The van der Waals surface area contributed by atoms with Gasteiger partial charge in [0.25, 0.3) is 0 Å².